The van der Waals surface area contributed by atoms with Crippen molar-refractivity contribution < 1.29 is 9.13 Å². The summed E-state index contributed by atoms with van der Waals surface area (Å²) in [5.41, 5.74) is 2.55. The highest BCUT2D eigenvalue weighted by atomic mass is 19.1. The van der Waals surface area contributed by atoms with E-state index in [2.05, 4.69) is 19.2 Å². The smallest absolute Gasteiger partial charge is 0.172 e. The van der Waals surface area contributed by atoms with E-state index in [1.54, 1.807) is 12.1 Å². The van der Waals surface area contributed by atoms with E-state index in [0.717, 1.165) is 11.1 Å². The first-order valence-corrected chi connectivity index (χ1v) is 6.77. The van der Waals surface area contributed by atoms with Crippen molar-refractivity contribution in [1.29, 1.82) is 0 Å². The van der Waals surface area contributed by atoms with Crippen LogP contribution in [-0.2, 0) is 6.54 Å². The van der Waals surface area contributed by atoms with Crippen molar-refractivity contribution >= 4 is 0 Å². The molecule has 0 atom stereocenters. The van der Waals surface area contributed by atoms with Crippen LogP contribution in [-0.4, -0.2) is 13.2 Å². The molecule has 0 radical (unpaired) electrons. The molecular weight excluding hydrogens is 253 g/mol. The molecule has 2 nitrogen and oxygen atoms in total. The molecule has 2 rings (SSSR count). The third-order valence-electron chi connectivity index (χ3n) is 3.19. The van der Waals surface area contributed by atoms with Gasteiger partial charge in [0.05, 0.1) is 7.11 Å². The Morgan fingerprint density at radius 1 is 1.05 bits per heavy atom. The number of ether oxygens (including phenoxy) is 1. The predicted molar refractivity (Wildman–Crippen MR) is 80.4 cm³/mol. The fraction of sp³-hybridized carbons (Fsp3) is 0.294. The van der Waals surface area contributed by atoms with Gasteiger partial charge in [-0.3, -0.25) is 0 Å². The zero-order chi connectivity index (χ0) is 14.5. The van der Waals surface area contributed by atoms with Gasteiger partial charge in [-0.15, -0.1) is 0 Å². The third kappa shape index (κ3) is 3.17. The van der Waals surface area contributed by atoms with E-state index in [1.165, 1.54) is 7.11 Å². The van der Waals surface area contributed by atoms with Crippen molar-refractivity contribution in [3.63, 3.8) is 0 Å². The monoisotopic (exact) mass is 273 g/mol. The topological polar surface area (TPSA) is 21.3 Å². The minimum atomic E-state index is -0.313. The highest BCUT2D eigenvalue weighted by molar-refractivity contribution is 5.69. The number of benzene rings is 2. The van der Waals surface area contributed by atoms with E-state index in [0.29, 0.717) is 18.2 Å². The SMILES string of the molecule is COc1cccc(-c2ccccc2CNC(C)C)c1F. The van der Waals surface area contributed by atoms with E-state index in [9.17, 15) is 4.39 Å². The van der Waals surface area contributed by atoms with Crippen molar-refractivity contribution in [3.05, 3.63) is 53.8 Å². The number of methoxy groups -OCH3 is 1. The second kappa shape index (κ2) is 6.53. The summed E-state index contributed by atoms with van der Waals surface area (Å²) >= 11 is 0. The summed E-state index contributed by atoms with van der Waals surface area (Å²) in [6.07, 6.45) is 0. The van der Waals surface area contributed by atoms with Gasteiger partial charge < -0.3 is 10.1 Å². The van der Waals surface area contributed by atoms with Gasteiger partial charge >= 0.3 is 0 Å². The number of rotatable bonds is 5. The van der Waals surface area contributed by atoms with E-state index in [-0.39, 0.29) is 11.6 Å². The van der Waals surface area contributed by atoms with Crippen LogP contribution < -0.4 is 10.1 Å². The summed E-state index contributed by atoms with van der Waals surface area (Å²) in [5, 5.41) is 3.37. The Balaban J connectivity index is 2.42. The van der Waals surface area contributed by atoms with E-state index < -0.39 is 0 Å². The van der Waals surface area contributed by atoms with Crippen molar-refractivity contribution in [1.82, 2.24) is 5.32 Å². The molecular formula is C17H20FNO. The first-order chi connectivity index (χ1) is 9.63. The maximum Gasteiger partial charge on any atom is 0.172 e. The van der Waals surface area contributed by atoms with Crippen LogP contribution in [0.2, 0.25) is 0 Å². The van der Waals surface area contributed by atoms with Crippen LogP contribution in [0.4, 0.5) is 4.39 Å². The molecule has 2 aromatic rings. The van der Waals surface area contributed by atoms with Gasteiger partial charge in [0.25, 0.3) is 0 Å². The maximum atomic E-state index is 14.4. The summed E-state index contributed by atoms with van der Waals surface area (Å²) in [7, 11) is 1.48. The first kappa shape index (κ1) is 14.5. The standard InChI is InChI=1S/C17H20FNO/c1-12(2)19-11-13-7-4-5-8-14(13)15-9-6-10-16(20-3)17(15)18/h4-10,12,19H,11H2,1-3H3. The zero-order valence-corrected chi connectivity index (χ0v) is 12.1. The van der Waals surface area contributed by atoms with Gasteiger partial charge in [0.1, 0.15) is 0 Å². The Bertz CT molecular complexity index is 581. The van der Waals surface area contributed by atoms with Crippen molar-refractivity contribution in [2.75, 3.05) is 7.11 Å². The molecule has 106 valence electrons. The fourth-order valence-electron chi connectivity index (χ4n) is 2.13. The van der Waals surface area contributed by atoms with Crippen LogP contribution in [0.3, 0.4) is 0 Å². The van der Waals surface area contributed by atoms with Crippen LogP contribution >= 0.6 is 0 Å². The molecule has 0 aliphatic heterocycles. The number of hydrogen-bond acceptors (Lipinski definition) is 2. The van der Waals surface area contributed by atoms with Crippen LogP contribution in [0, 0.1) is 5.82 Å². The van der Waals surface area contributed by atoms with Crippen molar-refractivity contribution in [2.45, 2.75) is 26.4 Å². The molecule has 1 N–H and O–H groups in total. The van der Waals surface area contributed by atoms with Gasteiger partial charge in [0, 0.05) is 18.2 Å². The summed E-state index contributed by atoms with van der Waals surface area (Å²) in [6.45, 7) is 4.90. The molecule has 0 bridgehead atoms. The number of hydrogen-bond donors (Lipinski definition) is 1. The zero-order valence-electron chi connectivity index (χ0n) is 12.1. The minimum absolute atomic E-state index is 0.272. The number of halogens is 1. The molecule has 3 heteroatoms. The predicted octanol–water partition coefficient (Wildman–Crippen LogP) is 4.00. The Labute approximate surface area is 119 Å². The molecule has 0 heterocycles. The summed E-state index contributed by atoms with van der Waals surface area (Å²) in [6, 6.07) is 13.5. The van der Waals surface area contributed by atoms with Gasteiger partial charge in [-0.2, -0.15) is 0 Å². The summed E-state index contributed by atoms with van der Waals surface area (Å²) < 4.78 is 19.4. The van der Waals surface area contributed by atoms with E-state index >= 15 is 0 Å². The van der Waals surface area contributed by atoms with Gasteiger partial charge in [-0.1, -0.05) is 50.2 Å². The fourth-order valence-corrected chi connectivity index (χ4v) is 2.13. The second-order valence-corrected chi connectivity index (χ2v) is 5.01. The highest BCUT2D eigenvalue weighted by Crippen LogP contribution is 2.31. The summed E-state index contributed by atoms with van der Waals surface area (Å²) in [4.78, 5) is 0. The molecule has 0 amide bonds. The first-order valence-electron chi connectivity index (χ1n) is 6.77. The van der Waals surface area contributed by atoms with Crippen molar-refractivity contribution in [3.8, 4) is 16.9 Å². The number of nitrogens with one attached hydrogen (secondary N) is 1. The lowest BCUT2D eigenvalue weighted by Gasteiger charge is -2.14. The van der Waals surface area contributed by atoms with Gasteiger partial charge in [-0.25, -0.2) is 4.39 Å². The molecule has 0 aliphatic carbocycles. The Hall–Kier alpha value is -1.87. The highest BCUT2D eigenvalue weighted by Gasteiger charge is 2.13. The van der Waals surface area contributed by atoms with Crippen LogP contribution in [0.15, 0.2) is 42.5 Å². The molecule has 0 aromatic heterocycles. The Kier molecular flexibility index (Phi) is 4.74. The largest absolute Gasteiger partial charge is 0.494 e. The Morgan fingerprint density at radius 2 is 1.75 bits per heavy atom. The molecule has 0 fully saturated rings. The quantitative estimate of drug-likeness (QED) is 0.889. The van der Waals surface area contributed by atoms with E-state index in [4.69, 9.17) is 4.74 Å². The average Bonchev–Trinajstić information content (AvgIpc) is 2.46. The molecule has 0 saturated carbocycles. The van der Waals surface area contributed by atoms with Crippen LogP contribution in [0.1, 0.15) is 19.4 Å². The van der Waals surface area contributed by atoms with Crippen molar-refractivity contribution in [2.24, 2.45) is 0 Å². The van der Waals surface area contributed by atoms with Gasteiger partial charge in [0.15, 0.2) is 11.6 Å². The normalized spacial score (nSPS) is 10.8. The van der Waals surface area contributed by atoms with E-state index in [1.807, 2.05) is 30.3 Å². The maximum absolute atomic E-state index is 14.4. The molecule has 20 heavy (non-hydrogen) atoms. The third-order valence-corrected chi connectivity index (χ3v) is 3.19. The Morgan fingerprint density at radius 3 is 2.45 bits per heavy atom. The lowest BCUT2D eigenvalue weighted by molar-refractivity contribution is 0.387. The van der Waals surface area contributed by atoms with Gasteiger partial charge in [-0.05, 0) is 17.2 Å². The molecule has 2 aromatic carbocycles. The molecule has 0 aliphatic rings. The molecule has 0 spiro atoms. The minimum Gasteiger partial charge on any atom is -0.494 e. The van der Waals surface area contributed by atoms with Gasteiger partial charge in [0.2, 0.25) is 0 Å². The van der Waals surface area contributed by atoms with Crippen LogP contribution in [0.25, 0.3) is 11.1 Å². The molecule has 0 unspecified atom stereocenters. The van der Waals surface area contributed by atoms with Crippen LogP contribution in [0.5, 0.6) is 5.75 Å². The second-order valence-electron chi connectivity index (χ2n) is 5.01. The molecule has 0 saturated heterocycles. The lowest BCUT2D eigenvalue weighted by atomic mass is 9.98. The average molecular weight is 273 g/mol. The summed E-state index contributed by atoms with van der Waals surface area (Å²) in [5.74, 6) is -0.0406. The lowest BCUT2D eigenvalue weighted by Crippen LogP contribution is -2.22.